The van der Waals surface area contributed by atoms with Gasteiger partial charge in [-0.25, -0.2) is 0 Å². The summed E-state index contributed by atoms with van der Waals surface area (Å²) < 4.78 is 0. The Morgan fingerprint density at radius 1 is 1.33 bits per heavy atom. The first-order valence-electron chi connectivity index (χ1n) is 6.01. The molecule has 3 unspecified atom stereocenters. The van der Waals surface area contributed by atoms with Gasteiger partial charge in [0.15, 0.2) is 0 Å². The fourth-order valence-electron chi connectivity index (χ4n) is 3.58. The molecule has 84 valence electrons. The molecule has 0 amide bonds. The molecular formula is C14H22O. The zero-order valence-corrected chi connectivity index (χ0v) is 10.6. The summed E-state index contributed by atoms with van der Waals surface area (Å²) in [7, 11) is 0. The molecule has 2 aliphatic carbocycles. The number of rotatable bonds is 0. The Bertz CT molecular complexity index is 337. The van der Waals surface area contributed by atoms with Crippen LogP contribution in [0.25, 0.3) is 0 Å². The number of allylic oxidation sites excluding steroid dienone is 2. The first-order chi connectivity index (χ1) is 6.81. The van der Waals surface area contributed by atoms with E-state index in [0.29, 0.717) is 17.6 Å². The summed E-state index contributed by atoms with van der Waals surface area (Å²) in [6.45, 7) is 11.2. The van der Waals surface area contributed by atoms with E-state index in [9.17, 15) is 4.79 Å². The minimum absolute atomic E-state index is 0.157. The molecule has 0 saturated heterocycles. The summed E-state index contributed by atoms with van der Waals surface area (Å²) in [4.78, 5) is 12.3. The van der Waals surface area contributed by atoms with Gasteiger partial charge in [0.2, 0.25) is 0 Å². The molecule has 0 radical (unpaired) electrons. The molecule has 2 rings (SSSR count). The van der Waals surface area contributed by atoms with Crippen LogP contribution >= 0.6 is 0 Å². The predicted octanol–water partition coefficient (Wildman–Crippen LogP) is 3.59. The molecule has 3 atom stereocenters. The Kier molecular flexibility index (Phi) is 2.15. The summed E-state index contributed by atoms with van der Waals surface area (Å²) in [6, 6.07) is 0. The highest BCUT2D eigenvalue weighted by atomic mass is 16.1. The Morgan fingerprint density at radius 2 is 1.93 bits per heavy atom. The fraction of sp³-hybridized carbons (Fsp3) is 0.786. The van der Waals surface area contributed by atoms with Crippen molar-refractivity contribution in [3.8, 4) is 0 Å². The number of carbonyl (C=O) groups excluding carboxylic acids is 1. The van der Waals surface area contributed by atoms with E-state index in [2.05, 4.69) is 40.7 Å². The summed E-state index contributed by atoms with van der Waals surface area (Å²) in [6.07, 6.45) is 4.12. The standard InChI is InChI=1S/C14H22O/c1-9-6-7-11-13(3,4)10(2)8-12(15)14(9,11)5/h6,10-11H,7-8H2,1-5H3. The zero-order valence-electron chi connectivity index (χ0n) is 10.6. The van der Waals surface area contributed by atoms with Crippen LogP contribution in [-0.4, -0.2) is 5.78 Å². The predicted molar refractivity (Wildman–Crippen MR) is 62.5 cm³/mol. The van der Waals surface area contributed by atoms with E-state index in [-0.39, 0.29) is 10.8 Å². The Labute approximate surface area is 92.9 Å². The van der Waals surface area contributed by atoms with Crippen molar-refractivity contribution in [3.05, 3.63) is 11.6 Å². The maximum atomic E-state index is 12.3. The number of fused-ring (bicyclic) bond motifs is 1. The lowest BCUT2D eigenvalue weighted by molar-refractivity contribution is -0.140. The van der Waals surface area contributed by atoms with Crippen molar-refractivity contribution in [2.45, 2.75) is 47.5 Å². The maximum Gasteiger partial charge on any atom is 0.143 e. The summed E-state index contributed by atoms with van der Waals surface area (Å²) in [5.41, 5.74) is 1.44. The average molecular weight is 206 g/mol. The second kappa shape index (κ2) is 2.96. The molecular weight excluding hydrogens is 184 g/mol. The van der Waals surface area contributed by atoms with Gasteiger partial charge in [-0.15, -0.1) is 0 Å². The first-order valence-corrected chi connectivity index (χ1v) is 6.01. The number of Topliss-reactive ketones (excluding diaryl/α,β-unsaturated/α-hetero) is 1. The van der Waals surface area contributed by atoms with Crippen LogP contribution < -0.4 is 0 Å². The van der Waals surface area contributed by atoms with Crippen LogP contribution in [-0.2, 0) is 4.79 Å². The molecule has 1 nitrogen and oxygen atoms in total. The third kappa shape index (κ3) is 1.18. The van der Waals surface area contributed by atoms with Crippen LogP contribution in [0.15, 0.2) is 11.6 Å². The van der Waals surface area contributed by atoms with Gasteiger partial charge in [-0.3, -0.25) is 4.79 Å². The molecule has 15 heavy (non-hydrogen) atoms. The van der Waals surface area contributed by atoms with Crippen molar-refractivity contribution >= 4 is 5.78 Å². The highest BCUT2D eigenvalue weighted by molar-refractivity contribution is 5.89. The minimum atomic E-state index is -0.157. The van der Waals surface area contributed by atoms with E-state index >= 15 is 0 Å². The van der Waals surface area contributed by atoms with Crippen LogP contribution in [0.3, 0.4) is 0 Å². The quantitative estimate of drug-likeness (QED) is 0.553. The van der Waals surface area contributed by atoms with Gasteiger partial charge in [0.05, 0.1) is 5.41 Å². The van der Waals surface area contributed by atoms with Crippen molar-refractivity contribution in [2.75, 3.05) is 0 Å². The molecule has 0 bridgehead atoms. The third-order valence-electron chi connectivity index (χ3n) is 5.41. The number of hydrogen-bond acceptors (Lipinski definition) is 1. The first kappa shape index (κ1) is 10.9. The molecule has 0 aromatic carbocycles. The van der Waals surface area contributed by atoms with E-state index in [1.54, 1.807) is 0 Å². The van der Waals surface area contributed by atoms with Crippen LogP contribution in [0.5, 0.6) is 0 Å². The molecule has 0 N–H and O–H groups in total. The lowest BCUT2D eigenvalue weighted by atomic mass is 9.52. The third-order valence-corrected chi connectivity index (χ3v) is 5.41. The highest BCUT2D eigenvalue weighted by Gasteiger charge is 2.56. The molecule has 1 saturated carbocycles. The number of hydrogen-bond donors (Lipinski definition) is 0. The summed E-state index contributed by atoms with van der Waals surface area (Å²) in [5.74, 6) is 1.49. The van der Waals surface area contributed by atoms with Crippen molar-refractivity contribution in [3.63, 3.8) is 0 Å². The molecule has 0 spiro atoms. The molecule has 2 aliphatic rings. The number of carbonyl (C=O) groups is 1. The minimum Gasteiger partial charge on any atom is -0.299 e. The molecule has 1 fully saturated rings. The monoisotopic (exact) mass is 206 g/mol. The van der Waals surface area contributed by atoms with Crippen molar-refractivity contribution < 1.29 is 4.79 Å². The molecule has 0 aromatic rings. The van der Waals surface area contributed by atoms with Crippen molar-refractivity contribution in [2.24, 2.45) is 22.7 Å². The maximum absolute atomic E-state index is 12.3. The van der Waals surface area contributed by atoms with Gasteiger partial charge in [0.1, 0.15) is 5.78 Å². The van der Waals surface area contributed by atoms with Gasteiger partial charge < -0.3 is 0 Å². The van der Waals surface area contributed by atoms with Gasteiger partial charge in [-0.05, 0) is 37.5 Å². The Hall–Kier alpha value is -0.590. The van der Waals surface area contributed by atoms with Gasteiger partial charge in [0.25, 0.3) is 0 Å². The summed E-state index contributed by atoms with van der Waals surface area (Å²) in [5, 5.41) is 0. The second-order valence-corrected chi connectivity index (χ2v) is 6.23. The molecule has 0 heterocycles. The van der Waals surface area contributed by atoms with E-state index < -0.39 is 0 Å². The van der Waals surface area contributed by atoms with E-state index in [0.717, 1.165) is 12.8 Å². The van der Waals surface area contributed by atoms with E-state index in [1.165, 1.54) is 5.57 Å². The van der Waals surface area contributed by atoms with Gasteiger partial charge in [-0.2, -0.15) is 0 Å². The van der Waals surface area contributed by atoms with Crippen LogP contribution in [0.1, 0.15) is 47.5 Å². The Balaban J connectivity index is 2.47. The number of ketones is 1. The second-order valence-electron chi connectivity index (χ2n) is 6.23. The average Bonchev–Trinajstić information content (AvgIpc) is 2.43. The van der Waals surface area contributed by atoms with Crippen molar-refractivity contribution in [1.82, 2.24) is 0 Å². The van der Waals surface area contributed by atoms with Gasteiger partial charge in [0, 0.05) is 6.42 Å². The zero-order chi connectivity index (χ0) is 11.4. The largest absolute Gasteiger partial charge is 0.299 e. The molecule has 0 aliphatic heterocycles. The molecule has 0 aromatic heterocycles. The van der Waals surface area contributed by atoms with Gasteiger partial charge in [-0.1, -0.05) is 32.4 Å². The van der Waals surface area contributed by atoms with Crippen molar-refractivity contribution in [1.29, 1.82) is 0 Å². The normalized spacial score (nSPS) is 43.8. The highest BCUT2D eigenvalue weighted by Crippen LogP contribution is 2.59. The summed E-state index contributed by atoms with van der Waals surface area (Å²) >= 11 is 0. The van der Waals surface area contributed by atoms with Crippen LogP contribution in [0, 0.1) is 22.7 Å². The lowest BCUT2D eigenvalue weighted by Gasteiger charge is -2.50. The smallest absolute Gasteiger partial charge is 0.143 e. The lowest BCUT2D eigenvalue weighted by Crippen LogP contribution is -2.50. The van der Waals surface area contributed by atoms with Crippen LogP contribution in [0.2, 0.25) is 0 Å². The van der Waals surface area contributed by atoms with Crippen LogP contribution in [0.4, 0.5) is 0 Å². The van der Waals surface area contributed by atoms with Gasteiger partial charge >= 0.3 is 0 Å². The fourth-order valence-corrected chi connectivity index (χ4v) is 3.58. The molecule has 1 heteroatoms. The van der Waals surface area contributed by atoms with E-state index in [1.807, 2.05) is 0 Å². The van der Waals surface area contributed by atoms with E-state index in [4.69, 9.17) is 0 Å². The Morgan fingerprint density at radius 3 is 2.53 bits per heavy atom. The topological polar surface area (TPSA) is 17.1 Å². The SMILES string of the molecule is CC1=CCC2C1(C)C(=O)CC(C)C2(C)C.